The molecule has 31 heavy (non-hydrogen) atoms. The minimum Gasteiger partial charge on any atom is -0.360 e. The molecule has 164 valence electrons. The molecule has 4 rings (SSSR count). The monoisotopic (exact) mass is 478 g/mol. The summed E-state index contributed by atoms with van der Waals surface area (Å²) in [5.41, 5.74) is 1.85. The molecular formula is C21H23ClN4O3S2. The summed E-state index contributed by atoms with van der Waals surface area (Å²) in [4.78, 5) is 25.1. The molecular weight excluding hydrogens is 456 g/mol. The summed E-state index contributed by atoms with van der Waals surface area (Å²) in [6, 6.07) is 12.7. The molecule has 4 aromatic rings. The van der Waals surface area contributed by atoms with Crippen molar-refractivity contribution in [3.8, 4) is 0 Å². The second-order valence-corrected chi connectivity index (χ2v) is 10.4. The van der Waals surface area contributed by atoms with E-state index in [0.29, 0.717) is 29.3 Å². The predicted octanol–water partition coefficient (Wildman–Crippen LogP) is 3.81. The zero-order valence-corrected chi connectivity index (χ0v) is 19.8. The van der Waals surface area contributed by atoms with Crippen LogP contribution in [-0.4, -0.2) is 62.6 Å². The highest BCUT2D eigenvalue weighted by Gasteiger charge is 2.25. The average Bonchev–Trinajstić information content (AvgIpc) is 3.30. The van der Waals surface area contributed by atoms with Gasteiger partial charge in [0, 0.05) is 36.4 Å². The van der Waals surface area contributed by atoms with Gasteiger partial charge in [-0.3, -0.25) is 9.69 Å². The standard InChI is InChI=1S/C21H22N4O3S2.ClH/c1-24(2)11-12-25(20(26)15-13-22-16-8-5-4-7-14(15)16)21-23-19-17(29-21)9-6-10-18(19)30(3,27)28;/h4-10,13,22H,11-12H2,1-3H3;1H. The lowest BCUT2D eigenvalue weighted by atomic mass is 10.1. The number of benzene rings is 2. The van der Waals surface area contributed by atoms with Gasteiger partial charge in [0.05, 0.1) is 15.2 Å². The zero-order chi connectivity index (χ0) is 21.5. The number of carbonyl (C=O) groups is 1. The summed E-state index contributed by atoms with van der Waals surface area (Å²) < 4.78 is 25.1. The van der Waals surface area contributed by atoms with Crippen LogP contribution in [0.4, 0.5) is 5.13 Å². The Morgan fingerprint density at radius 3 is 2.55 bits per heavy atom. The van der Waals surface area contributed by atoms with Gasteiger partial charge in [0.25, 0.3) is 5.91 Å². The van der Waals surface area contributed by atoms with Crippen LogP contribution in [0, 0.1) is 0 Å². The number of sulfone groups is 1. The number of rotatable bonds is 6. The molecule has 0 fully saturated rings. The van der Waals surface area contributed by atoms with Gasteiger partial charge < -0.3 is 9.88 Å². The van der Waals surface area contributed by atoms with Gasteiger partial charge >= 0.3 is 0 Å². The highest BCUT2D eigenvalue weighted by molar-refractivity contribution is 7.91. The number of hydrogen-bond acceptors (Lipinski definition) is 6. The number of nitrogens with one attached hydrogen (secondary N) is 1. The van der Waals surface area contributed by atoms with Crippen molar-refractivity contribution in [3.63, 3.8) is 0 Å². The summed E-state index contributed by atoms with van der Waals surface area (Å²) in [5, 5.41) is 1.33. The van der Waals surface area contributed by atoms with Gasteiger partial charge in [-0.1, -0.05) is 35.6 Å². The van der Waals surface area contributed by atoms with Crippen molar-refractivity contribution in [1.82, 2.24) is 14.9 Å². The summed E-state index contributed by atoms with van der Waals surface area (Å²) in [6.07, 6.45) is 2.88. The Hall–Kier alpha value is -2.46. The molecule has 7 nitrogen and oxygen atoms in total. The third-order valence-electron chi connectivity index (χ3n) is 4.84. The molecule has 0 saturated carbocycles. The first kappa shape index (κ1) is 23.2. The van der Waals surface area contributed by atoms with Crippen molar-refractivity contribution in [2.24, 2.45) is 0 Å². The second kappa shape index (κ2) is 8.96. The van der Waals surface area contributed by atoms with E-state index in [4.69, 9.17) is 0 Å². The van der Waals surface area contributed by atoms with Crippen LogP contribution in [0.3, 0.4) is 0 Å². The van der Waals surface area contributed by atoms with E-state index in [1.54, 1.807) is 23.2 Å². The number of likely N-dealkylation sites (N-methyl/N-ethyl adjacent to an activating group) is 1. The minimum atomic E-state index is -3.43. The highest BCUT2D eigenvalue weighted by atomic mass is 35.5. The van der Waals surface area contributed by atoms with Crippen molar-refractivity contribution in [2.75, 3.05) is 38.3 Å². The average molecular weight is 479 g/mol. The molecule has 0 aliphatic heterocycles. The van der Waals surface area contributed by atoms with Gasteiger partial charge in [-0.25, -0.2) is 13.4 Å². The molecule has 0 bridgehead atoms. The number of aromatic amines is 1. The maximum Gasteiger partial charge on any atom is 0.262 e. The van der Waals surface area contributed by atoms with Crippen molar-refractivity contribution in [2.45, 2.75) is 4.90 Å². The lowest BCUT2D eigenvalue weighted by molar-refractivity contribution is 0.0987. The Kier molecular flexibility index (Phi) is 6.70. The van der Waals surface area contributed by atoms with Crippen molar-refractivity contribution in [1.29, 1.82) is 0 Å². The van der Waals surface area contributed by atoms with E-state index < -0.39 is 9.84 Å². The van der Waals surface area contributed by atoms with Crippen LogP contribution in [0.15, 0.2) is 53.6 Å². The van der Waals surface area contributed by atoms with Crippen LogP contribution in [0.5, 0.6) is 0 Å². The summed E-state index contributed by atoms with van der Waals surface area (Å²) >= 11 is 1.32. The zero-order valence-electron chi connectivity index (χ0n) is 17.3. The number of amides is 1. The smallest absolute Gasteiger partial charge is 0.262 e. The summed E-state index contributed by atoms with van der Waals surface area (Å²) in [6.45, 7) is 1.07. The largest absolute Gasteiger partial charge is 0.360 e. The third-order valence-corrected chi connectivity index (χ3v) is 7.01. The van der Waals surface area contributed by atoms with Crippen LogP contribution < -0.4 is 4.90 Å². The first-order valence-electron chi connectivity index (χ1n) is 9.38. The van der Waals surface area contributed by atoms with Crippen LogP contribution >= 0.6 is 23.7 Å². The summed E-state index contributed by atoms with van der Waals surface area (Å²) in [5.74, 6) is -0.172. The number of thiazole rings is 1. The maximum absolute atomic E-state index is 13.5. The Labute approximate surface area is 191 Å². The topological polar surface area (TPSA) is 86.4 Å². The number of aromatic nitrogens is 2. The fourth-order valence-electron chi connectivity index (χ4n) is 3.30. The van der Waals surface area contributed by atoms with Gasteiger partial charge in [0.1, 0.15) is 5.52 Å². The Balaban J connectivity index is 0.00000272. The molecule has 0 atom stereocenters. The van der Waals surface area contributed by atoms with Gasteiger partial charge in [0.2, 0.25) is 0 Å². The Bertz CT molecular complexity index is 1350. The molecule has 0 radical (unpaired) electrons. The lowest BCUT2D eigenvalue weighted by Gasteiger charge is -2.21. The van der Waals surface area contributed by atoms with E-state index in [1.165, 1.54) is 17.6 Å². The van der Waals surface area contributed by atoms with Crippen LogP contribution in [0.25, 0.3) is 21.1 Å². The molecule has 0 aliphatic rings. The van der Waals surface area contributed by atoms with E-state index in [9.17, 15) is 13.2 Å². The summed E-state index contributed by atoms with van der Waals surface area (Å²) in [7, 11) is 0.446. The fraction of sp³-hybridized carbons (Fsp3) is 0.238. The lowest BCUT2D eigenvalue weighted by Crippen LogP contribution is -2.36. The van der Waals surface area contributed by atoms with E-state index in [-0.39, 0.29) is 23.2 Å². The SMILES string of the molecule is CN(C)CCN(C(=O)c1c[nH]c2ccccc12)c1nc2c(S(C)(=O)=O)cccc2s1.Cl. The fourth-order valence-corrected chi connectivity index (χ4v) is 5.22. The number of hydrogen-bond donors (Lipinski definition) is 1. The third kappa shape index (κ3) is 4.59. The molecule has 2 heterocycles. The molecule has 2 aromatic heterocycles. The number of anilines is 1. The molecule has 0 spiro atoms. The molecule has 2 aromatic carbocycles. The highest BCUT2D eigenvalue weighted by Crippen LogP contribution is 2.33. The maximum atomic E-state index is 13.5. The Morgan fingerprint density at radius 1 is 1.10 bits per heavy atom. The predicted molar refractivity (Wildman–Crippen MR) is 129 cm³/mol. The van der Waals surface area contributed by atoms with E-state index in [1.807, 2.05) is 49.3 Å². The van der Waals surface area contributed by atoms with E-state index in [0.717, 1.165) is 15.6 Å². The first-order chi connectivity index (χ1) is 14.3. The van der Waals surface area contributed by atoms with Gasteiger partial charge in [-0.05, 0) is 32.3 Å². The number of halogens is 1. The van der Waals surface area contributed by atoms with E-state index >= 15 is 0 Å². The molecule has 1 N–H and O–H groups in total. The second-order valence-electron chi connectivity index (χ2n) is 7.38. The van der Waals surface area contributed by atoms with Gasteiger partial charge in [-0.2, -0.15) is 0 Å². The number of H-pyrrole nitrogens is 1. The van der Waals surface area contributed by atoms with Gasteiger partial charge in [0.15, 0.2) is 15.0 Å². The molecule has 0 aliphatic carbocycles. The van der Waals surface area contributed by atoms with Crippen molar-refractivity contribution >= 4 is 65.7 Å². The first-order valence-corrected chi connectivity index (χ1v) is 12.1. The number of carbonyl (C=O) groups excluding carboxylic acids is 1. The number of fused-ring (bicyclic) bond motifs is 2. The molecule has 10 heteroatoms. The van der Waals surface area contributed by atoms with E-state index in [2.05, 4.69) is 9.97 Å². The minimum absolute atomic E-state index is 0. The number of nitrogens with zero attached hydrogens (tertiary/aromatic N) is 3. The van der Waals surface area contributed by atoms with Crippen LogP contribution in [0.2, 0.25) is 0 Å². The van der Waals surface area contributed by atoms with Crippen LogP contribution in [0.1, 0.15) is 10.4 Å². The molecule has 0 unspecified atom stereocenters. The molecule has 1 amide bonds. The van der Waals surface area contributed by atoms with Crippen molar-refractivity contribution in [3.05, 3.63) is 54.2 Å². The van der Waals surface area contributed by atoms with Gasteiger partial charge in [-0.15, -0.1) is 12.4 Å². The molecule has 0 saturated heterocycles. The van der Waals surface area contributed by atoms with Crippen LogP contribution in [-0.2, 0) is 9.84 Å². The van der Waals surface area contributed by atoms with Crippen molar-refractivity contribution < 1.29 is 13.2 Å². The number of para-hydroxylation sites is 2. The normalized spacial score (nSPS) is 11.7. The quantitative estimate of drug-likeness (QED) is 0.455. The Morgan fingerprint density at radius 2 is 1.84 bits per heavy atom.